The van der Waals surface area contributed by atoms with Crippen LogP contribution in [0.5, 0.6) is 0 Å². The van der Waals surface area contributed by atoms with Gasteiger partial charge in [0.05, 0.1) is 5.41 Å². The molecule has 0 aromatic carbocycles. The first kappa shape index (κ1) is 18.4. The van der Waals surface area contributed by atoms with Crippen LogP contribution in [0.3, 0.4) is 0 Å². The Morgan fingerprint density at radius 3 is 2.16 bits per heavy atom. The summed E-state index contributed by atoms with van der Waals surface area (Å²) in [7, 11) is 0. The van der Waals surface area contributed by atoms with Gasteiger partial charge in [-0.15, -0.1) is 0 Å². The third-order valence-corrected chi connectivity index (χ3v) is 4.22. The Morgan fingerprint density at radius 2 is 1.68 bits per heavy atom. The summed E-state index contributed by atoms with van der Waals surface area (Å²) in [4.78, 5) is 12.1. The number of hydrogen-bond acceptors (Lipinski definition) is 2. The third kappa shape index (κ3) is 6.95. The fourth-order valence-electron chi connectivity index (χ4n) is 2.37. The number of amides is 1. The smallest absolute Gasteiger partial charge is 0.227 e. The molecule has 0 aliphatic rings. The lowest BCUT2D eigenvalue weighted by Gasteiger charge is -2.28. The third-order valence-electron chi connectivity index (χ3n) is 4.22. The highest BCUT2D eigenvalue weighted by Crippen LogP contribution is 2.24. The van der Waals surface area contributed by atoms with Gasteiger partial charge >= 0.3 is 0 Å². The average Bonchev–Trinajstić information content (AvgIpc) is 2.40. The Balaban J connectivity index is 3.74. The van der Waals surface area contributed by atoms with Crippen molar-refractivity contribution >= 4 is 5.91 Å². The highest BCUT2D eigenvalue weighted by Gasteiger charge is 2.32. The van der Waals surface area contributed by atoms with Gasteiger partial charge in [0.1, 0.15) is 0 Å². The first-order chi connectivity index (χ1) is 9.02. The molecule has 3 heteroatoms. The van der Waals surface area contributed by atoms with E-state index in [-0.39, 0.29) is 11.3 Å². The number of nitrogens with two attached hydrogens (primary N) is 1. The van der Waals surface area contributed by atoms with Crippen LogP contribution in [-0.2, 0) is 4.79 Å². The van der Waals surface area contributed by atoms with E-state index in [1.807, 2.05) is 13.8 Å². The lowest BCUT2D eigenvalue weighted by Crippen LogP contribution is -2.45. The van der Waals surface area contributed by atoms with E-state index in [4.69, 9.17) is 5.73 Å². The van der Waals surface area contributed by atoms with Crippen LogP contribution in [0.2, 0.25) is 0 Å². The molecule has 114 valence electrons. The van der Waals surface area contributed by atoms with Crippen molar-refractivity contribution in [2.24, 2.45) is 17.1 Å². The minimum Gasteiger partial charge on any atom is -0.356 e. The Hall–Kier alpha value is -0.570. The second-order valence-electron chi connectivity index (χ2n) is 6.04. The number of unbranched alkanes of at least 4 members (excludes halogenated alkanes) is 3. The van der Waals surface area contributed by atoms with E-state index in [0.29, 0.717) is 6.54 Å². The fourth-order valence-corrected chi connectivity index (χ4v) is 2.37. The van der Waals surface area contributed by atoms with Crippen molar-refractivity contribution in [3.05, 3.63) is 0 Å². The Labute approximate surface area is 119 Å². The molecule has 0 radical (unpaired) electrons. The molecule has 0 unspecified atom stereocenters. The van der Waals surface area contributed by atoms with Gasteiger partial charge in [-0.1, -0.05) is 53.4 Å². The van der Waals surface area contributed by atoms with Gasteiger partial charge in [0.15, 0.2) is 0 Å². The molecule has 0 aromatic rings. The van der Waals surface area contributed by atoms with Crippen LogP contribution < -0.4 is 11.1 Å². The summed E-state index contributed by atoms with van der Waals surface area (Å²) in [6.07, 6.45) is 7.83. The van der Waals surface area contributed by atoms with Gasteiger partial charge in [-0.25, -0.2) is 0 Å². The summed E-state index contributed by atoms with van der Waals surface area (Å²) in [6, 6.07) is 0. The normalized spacial score (nSPS) is 11.9. The van der Waals surface area contributed by atoms with Crippen molar-refractivity contribution in [1.82, 2.24) is 5.32 Å². The highest BCUT2D eigenvalue weighted by molar-refractivity contribution is 5.82. The Kier molecular flexibility index (Phi) is 9.94. The molecule has 19 heavy (non-hydrogen) atoms. The Bertz CT molecular complexity index is 227. The number of hydrogen-bond donors (Lipinski definition) is 2. The number of nitrogens with one attached hydrogen (secondary N) is 1. The van der Waals surface area contributed by atoms with Crippen LogP contribution >= 0.6 is 0 Å². The molecule has 1 amide bonds. The lowest BCUT2D eigenvalue weighted by molar-refractivity contribution is -0.131. The second kappa shape index (κ2) is 10.2. The molecular weight excluding hydrogens is 236 g/mol. The van der Waals surface area contributed by atoms with Gasteiger partial charge in [-0.3, -0.25) is 4.79 Å². The van der Waals surface area contributed by atoms with Gasteiger partial charge in [0.25, 0.3) is 0 Å². The first-order valence-corrected chi connectivity index (χ1v) is 8.00. The summed E-state index contributed by atoms with van der Waals surface area (Å²) in [5.41, 5.74) is 5.42. The molecule has 0 bridgehead atoms. The minimum absolute atomic E-state index is 0.141. The van der Waals surface area contributed by atoms with Crippen molar-refractivity contribution in [2.75, 3.05) is 13.1 Å². The van der Waals surface area contributed by atoms with Crippen LogP contribution in [0.4, 0.5) is 0 Å². The number of carbonyl (C=O) groups excluding carboxylic acids is 1. The van der Waals surface area contributed by atoms with Gasteiger partial charge in [-0.05, 0) is 25.2 Å². The molecule has 0 aromatic heterocycles. The zero-order valence-corrected chi connectivity index (χ0v) is 13.4. The standard InChI is InChI=1S/C16H34N2O/c1-5-16(6-2,13-17)15(19)18-12-10-8-7-9-11-14(3)4/h14H,5-13,17H2,1-4H3,(H,18,19). The topological polar surface area (TPSA) is 55.1 Å². The molecule has 0 saturated carbocycles. The molecule has 0 rings (SSSR count). The molecule has 3 nitrogen and oxygen atoms in total. The maximum absolute atomic E-state index is 12.1. The van der Waals surface area contributed by atoms with Crippen LogP contribution in [0.15, 0.2) is 0 Å². The van der Waals surface area contributed by atoms with Crippen LogP contribution in [0, 0.1) is 11.3 Å². The van der Waals surface area contributed by atoms with Gasteiger partial charge < -0.3 is 11.1 Å². The van der Waals surface area contributed by atoms with E-state index in [2.05, 4.69) is 19.2 Å². The fraction of sp³-hybridized carbons (Fsp3) is 0.938. The quantitative estimate of drug-likeness (QED) is 0.565. The summed E-state index contributed by atoms with van der Waals surface area (Å²) in [6.45, 7) is 9.86. The number of rotatable bonds is 11. The van der Waals surface area contributed by atoms with E-state index in [0.717, 1.165) is 31.7 Å². The molecule has 0 spiro atoms. The monoisotopic (exact) mass is 270 g/mol. The molecule has 0 atom stereocenters. The molecule has 0 saturated heterocycles. The van der Waals surface area contributed by atoms with Crippen LogP contribution in [0.1, 0.15) is 72.6 Å². The van der Waals surface area contributed by atoms with Crippen LogP contribution in [-0.4, -0.2) is 19.0 Å². The lowest BCUT2D eigenvalue weighted by atomic mass is 9.81. The number of carbonyl (C=O) groups is 1. The molecule has 0 fully saturated rings. The summed E-state index contributed by atoms with van der Waals surface area (Å²) in [5, 5.41) is 3.06. The van der Waals surface area contributed by atoms with Crippen molar-refractivity contribution in [2.45, 2.75) is 72.6 Å². The van der Waals surface area contributed by atoms with Gasteiger partial charge in [-0.2, -0.15) is 0 Å². The maximum atomic E-state index is 12.1. The van der Waals surface area contributed by atoms with E-state index in [1.54, 1.807) is 0 Å². The second-order valence-corrected chi connectivity index (χ2v) is 6.04. The zero-order valence-electron chi connectivity index (χ0n) is 13.4. The van der Waals surface area contributed by atoms with E-state index in [1.165, 1.54) is 25.7 Å². The SMILES string of the molecule is CCC(CC)(CN)C(=O)NCCCCCCC(C)C. The van der Waals surface area contributed by atoms with E-state index < -0.39 is 0 Å². The van der Waals surface area contributed by atoms with Crippen molar-refractivity contribution in [3.63, 3.8) is 0 Å². The first-order valence-electron chi connectivity index (χ1n) is 8.00. The van der Waals surface area contributed by atoms with Crippen LogP contribution in [0.25, 0.3) is 0 Å². The largest absolute Gasteiger partial charge is 0.356 e. The highest BCUT2D eigenvalue weighted by atomic mass is 16.2. The average molecular weight is 270 g/mol. The van der Waals surface area contributed by atoms with Gasteiger partial charge in [0, 0.05) is 13.1 Å². The molecule has 0 heterocycles. The van der Waals surface area contributed by atoms with E-state index >= 15 is 0 Å². The van der Waals surface area contributed by atoms with Gasteiger partial charge in [0.2, 0.25) is 5.91 Å². The predicted molar refractivity (Wildman–Crippen MR) is 83.0 cm³/mol. The Morgan fingerprint density at radius 1 is 1.11 bits per heavy atom. The molecule has 0 aliphatic carbocycles. The predicted octanol–water partition coefficient (Wildman–Crippen LogP) is 3.47. The zero-order chi connectivity index (χ0) is 14.7. The molecular formula is C16H34N2O. The maximum Gasteiger partial charge on any atom is 0.227 e. The van der Waals surface area contributed by atoms with Crippen molar-refractivity contribution < 1.29 is 4.79 Å². The summed E-state index contributed by atoms with van der Waals surface area (Å²) >= 11 is 0. The molecule has 3 N–H and O–H groups in total. The van der Waals surface area contributed by atoms with E-state index in [9.17, 15) is 4.79 Å². The van der Waals surface area contributed by atoms with Crippen molar-refractivity contribution in [3.8, 4) is 0 Å². The molecule has 0 aliphatic heterocycles. The minimum atomic E-state index is -0.350. The summed E-state index contributed by atoms with van der Waals surface area (Å²) < 4.78 is 0. The van der Waals surface area contributed by atoms with Crippen molar-refractivity contribution in [1.29, 1.82) is 0 Å². The summed E-state index contributed by atoms with van der Waals surface area (Å²) in [5.74, 6) is 0.946.